The Bertz CT molecular complexity index is 406. The Hall–Kier alpha value is -2.12. The summed E-state index contributed by atoms with van der Waals surface area (Å²) in [4.78, 5) is 27.8. The van der Waals surface area contributed by atoms with Crippen molar-refractivity contribution >= 4 is 12.0 Å². The number of rotatable bonds is 7. The van der Waals surface area contributed by atoms with Gasteiger partial charge in [-0.25, -0.2) is 9.78 Å². The molecule has 0 spiro atoms. The summed E-state index contributed by atoms with van der Waals surface area (Å²) in [5, 5.41) is 17.8. The number of carboxylic acids is 1. The molecular formula is C11H19N5O3. The maximum atomic E-state index is 11.8. The first-order valence-corrected chi connectivity index (χ1v) is 6.08. The summed E-state index contributed by atoms with van der Waals surface area (Å²) in [6.07, 6.45) is 2.14. The van der Waals surface area contributed by atoms with E-state index in [1.54, 1.807) is 7.05 Å². The van der Waals surface area contributed by atoms with E-state index in [9.17, 15) is 9.59 Å². The Balaban J connectivity index is 2.35. The largest absolute Gasteiger partial charge is 0.481 e. The van der Waals surface area contributed by atoms with Crippen molar-refractivity contribution in [2.75, 3.05) is 13.6 Å². The van der Waals surface area contributed by atoms with Crippen LogP contribution in [0.5, 0.6) is 0 Å². The summed E-state index contributed by atoms with van der Waals surface area (Å²) in [6, 6.07) is -0.264. The number of carbonyl (C=O) groups excluding carboxylic acids is 1. The quantitative estimate of drug-likeness (QED) is 0.665. The summed E-state index contributed by atoms with van der Waals surface area (Å²) < 4.78 is 0. The van der Waals surface area contributed by atoms with E-state index >= 15 is 0 Å². The molecule has 2 amide bonds. The van der Waals surface area contributed by atoms with Gasteiger partial charge in [-0.1, -0.05) is 13.3 Å². The highest BCUT2D eigenvalue weighted by molar-refractivity contribution is 5.74. The molecule has 0 aromatic carbocycles. The van der Waals surface area contributed by atoms with Crippen LogP contribution in [0.4, 0.5) is 4.79 Å². The van der Waals surface area contributed by atoms with Crippen LogP contribution < -0.4 is 5.32 Å². The molecule has 1 aromatic rings. The minimum atomic E-state index is -0.851. The summed E-state index contributed by atoms with van der Waals surface area (Å²) >= 11 is 0. The molecule has 0 bridgehead atoms. The molecule has 19 heavy (non-hydrogen) atoms. The fourth-order valence-corrected chi connectivity index (χ4v) is 1.58. The summed E-state index contributed by atoms with van der Waals surface area (Å²) in [7, 11) is 1.63. The van der Waals surface area contributed by atoms with Crippen molar-refractivity contribution in [2.45, 2.75) is 26.3 Å². The molecule has 8 heteroatoms. The van der Waals surface area contributed by atoms with Crippen molar-refractivity contribution < 1.29 is 14.7 Å². The Morgan fingerprint density at radius 3 is 2.84 bits per heavy atom. The number of nitrogens with one attached hydrogen (secondary N) is 2. The van der Waals surface area contributed by atoms with E-state index in [-0.39, 0.29) is 18.4 Å². The molecule has 0 radical (unpaired) electrons. The van der Waals surface area contributed by atoms with Gasteiger partial charge in [0.1, 0.15) is 12.2 Å². The number of hydrogen-bond acceptors (Lipinski definition) is 4. The summed E-state index contributed by atoms with van der Waals surface area (Å²) in [6.45, 7) is 2.57. The molecule has 1 aromatic heterocycles. The molecule has 0 saturated carbocycles. The van der Waals surface area contributed by atoms with Gasteiger partial charge in [-0.3, -0.25) is 9.89 Å². The van der Waals surface area contributed by atoms with E-state index in [4.69, 9.17) is 5.11 Å². The molecule has 1 heterocycles. The van der Waals surface area contributed by atoms with E-state index in [1.165, 1.54) is 11.2 Å². The van der Waals surface area contributed by atoms with E-state index in [0.717, 1.165) is 0 Å². The Morgan fingerprint density at radius 1 is 1.58 bits per heavy atom. The third kappa shape index (κ3) is 5.36. The van der Waals surface area contributed by atoms with Crippen molar-refractivity contribution in [1.82, 2.24) is 25.4 Å². The molecule has 106 valence electrons. The van der Waals surface area contributed by atoms with Crippen LogP contribution >= 0.6 is 0 Å². The zero-order valence-electron chi connectivity index (χ0n) is 11.1. The van der Waals surface area contributed by atoms with E-state index in [2.05, 4.69) is 20.5 Å². The van der Waals surface area contributed by atoms with Crippen molar-refractivity contribution in [1.29, 1.82) is 0 Å². The van der Waals surface area contributed by atoms with Gasteiger partial charge in [0.25, 0.3) is 0 Å². The number of aliphatic carboxylic acids is 1. The number of urea groups is 1. The fraction of sp³-hybridized carbons (Fsp3) is 0.636. The highest BCUT2D eigenvalue weighted by Gasteiger charge is 2.15. The lowest BCUT2D eigenvalue weighted by atomic mass is 10.0. The molecule has 1 unspecified atom stereocenters. The van der Waals surface area contributed by atoms with Crippen LogP contribution in [-0.4, -0.2) is 50.8 Å². The monoisotopic (exact) mass is 269 g/mol. The molecule has 0 aliphatic heterocycles. The second-order valence-electron chi connectivity index (χ2n) is 4.35. The Morgan fingerprint density at radius 2 is 2.32 bits per heavy atom. The number of aromatic amines is 1. The number of carboxylic acid groups (broad SMARTS) is 1. The van der Waals surface area contributed by atoms with Gasteiger partial charge in [-0.05, 0) is 5.92 Å². The highest BCUT2D eigenvalue weighted by Crippen LogP contribution is 2.06. The first-order valence-electron chi connectivity index (χ1n) is 6.08. The van der Waals surface area contributed by atoms with Crippen LogP contribution in [0.2, 0.25) is 0 Å². The number of hydrogen-bond donors (Lipinski definition) is 3. The van der Waals surface area contributed by atoms with Gasteiger partial charge in [0.2, 0.25) is 0 Å². The topological polar surface area (TPSA) is 111 Å². The maximum Gasteiger partial charge on any atom is 0.317 e. The van der Waals surface area contributed by atoms with Crippen LogP contribution in [0.15, 0.2) is 6.33 Å². The SMILES string of the molecule is CCC(CNC(=O)N(C)Cc1ncn[nH]1)CC(=O)O. The van der Waals surface area contributed by atoms with E-state index in [0.29, 0.717) is 25.3 Å². The smallest absolute Gasteiger partial charge is 0.317 e. The lowest BCUT2D eigenvalue weighted by molar-refractivity contribution is -0.138. The van der Waals surface area contributed by atoms with E-state index < -0.39 is 5.97 Å². The van der Waals surface area contributed by atoms with Gasteiger partial charge in [0, 0.05) is 20.0 Å². The molecule has 0 aliphatic carbocycles. The molecule has 0 fully saturated rings. The molecule has 0 aliphatic rings. The average Bonchev–Trinajstić information content (AvgIpc) is 2.86. The van der Waals surface area contributed by atoms with Gasteiger partial charge in [0.05, 0.1) is 6.54 Å². The highest BCUT2D eigenvalue weighted by atomic mass is 16.4. The zero-order valence-corrected chi connectivity index (χ0v) is 11.1. The lowest BCUT2D eigenvalue weighted by Gasteiger charge is -2.19. The molecule has 1 rings (SSSR count). The normalized spacial score (nSPS) is 11.9. The average molecular weight is 269 g/mol. The summed E-state index contributed by atoms with van der Waals surface area (Å²) in [5.74, 6) is -0.313. The van der Waals surface area contributed by atoms with Crippen molar-refractivity contribution in [3.63, 3.8) is 0 Å². The predicted molar refractivity (Wildman–Crippen MR) is 67.3 cm³/mol. The minimum Gasteiger partial charge on any atom is -0.481 e. The van der Waals surface area contributed by atoms with Crippen LogP contribution in [0.3, 0.4) is 0 Å². The molecule has 3 N–H and O–H groups in total. The number of H-pyrrole nitrogens is 1. The second kappa shape index (κ2) is 7.34. The summed E-state index contributed by atoms with van der Waals surface area (Å²) in [5.41, 5.74) is 0. The lowest BCUT2D eigenvalue weighted by Crippen LogP contribution is -2.39. The molecule has 8 nitrogen and oxygen atoms in total. The second-order valence-corrected chi connectivity index (χ2v) is 4.35. The van der Waals surface area contributed by atoms with Crippen LogP contribution in [0, 0.1) is 5.92 Å². The van der Waals surface area contributed by atoms with Gasteiger partial charge < -0.3 is 15.3 Å². The first kappa shape index (κ1) is 14.9. The Kier molecular flexibility index (Phi) is 5.77. The predicted octanol–water partition coefficient (Wildman–Crippen LogP) is 0.447. The van der Waals surface area contributed by atoms with E-state index in [1.807, 2.05) is 6.92 Å². The number of nitrogens with zero attached hydrogens (tertiary/aromatic N) is 3. The molecule has 0 saturated heterocycles. The molecular weight excluding hydrogens is 250 g/mol. The minimum absolute atomic E-state index is 0.0554. The van der Waals surface area contributed by atoms with Gasteiger partial charge >= 0.3 is 12.0 Å². The van der Waals surface area contributed by atoms with Gasteiger partial charge in [0.15, 0.2) is 0 Å². The van der Waals surface area contributed by atoms with Crippen molar-refractivity contribution in [3.8, 4) is 0 Å². The number of amides is 2. The van der Waals surface area contributed by atoms with Crippen LogP contribution in [0.25, 0.3) is 0 Å². The first-order chi connectivity index (χ1) is 9.02. The van der Waals surface area contributed by atoms with Gasteiger partial charge in [-0.15, -0.1) is 0 Å². The zero-order chi connectivity index (χ0) is 14.3. The standard InChI is InChI=1S/C11H19N5O3/c1-3-8(4-10(17)18)5-12-11(19)16(2)6-9-13-7-14-15-9/h7-8H,3-6H2,1-2H3,(H,12,19)(H,17,18)(H,13,14,15). The fourth-order valence-electron chi connectivity index (χ4n) is 1.58. The third-order valence-electron chi connectivity index (χ3n) is 2.78. The van der Waals surface area contributed by atoms with Crippen molar-refractivity contribution in [3.05, 3.63) is 12.2 Å². The van der Waals surface area contributed by atoms with Crippen molar-refractivity contribution in [2.24, 2.45) is 5.92 Å². The molecule has 1 atom stereocenters. The van der Waals surface area contributed by atoms with Gasteiger partial charge in [-0.2, -0.15) is 5.10 Å². The third-order valence-corrected chi connectivity index (χ3v) is 2.78. The maximum absolute atomic E-state index is 11.8. The van der Waals surface area contributed by atoms with Crippen LogP contribution in [0.1, 0.15) is 25.6 Å². The number of aromatic nitrogens is 3. The Labute approximate surface area is 111 Å². The number of carbonyl (C=O) groups is 2. The van der Waals surface area contributed by atoms with Crippen LogP contribution in [-0.2, 0) is 11.3 Å².